The second kappa shape index (κ2) is 15.6. The Morgan fingerprint density at radius 1 is 0.833 bits per heavy atom. The molecule has 4 rings (SSSR count). The molecule has 1 unspecified atom stereocenters. The third-order valence-electron chi connectivity index (χ3n) is 6.86. The highest BCUT2D eigenvalue weighted by atomic mass is 35.5. The van der Waals surface area contributed by atoms with E-state index in [9.17, 15) is 14.7 Å². The van der Waals surface area contributed by atoms with Crippen LogP contribution in [0.25, 0.3) is 11.1 Å². The molecule has 0 heterocycles. The molecule has 1 amide bonds. The summed E-state index contributed by atoms with van der Waals surface area (Å²) in [4.78, 5) is 25.2. The van der Waals surface area contributed by atoms with Crippen LogP contribution in [0.4, 0.5) is 0 Å². The number of carbonyl (C=O) groups is 2. The summed E-state index contributed by atoms with van der Waals surface area (Å²) in [6.45, 7) is 2.66. The van der Waals surface area contributed by atoms with Gasteiger partial charge in [0, 0.05) is 10.6 Å². The molecule has 0 aromatic heterocycles. The van der Waals surface area contributed by atoms with Crippen molar-refractivity contribution in [3.8, 4) is 28.4 Å². The van der Waals surface area contributed by atoms with E-state index in [1.807, 2.05) is 78.9 Å². The Kier molecular flexibility index (Phi) is 11.4. The number of nitrogens with one attached hydrogen (secondary N) is 1. The van der Waals surface area contributed by atoms with Crippen LogP contribution in [0.1, 0.15) is 67.4 Å². The molecular formula is C35H36ClNO5. The van der Waals surface area contributed by atoms with E-state index in [2.05, 4.69) is 12.2 Å². The zero-order valence-electron chi connectivity index (χ0n) is 23.7. The number of carboxylic acids is 1. The van der Waals surface area contributed by atoms with Crippen molar-refractivity contribution in [2.24, 2.45) is 0 Å². The molecule has 0 aliphatic heterocycles. The van der Waals surface area contributed by atoms with E-state index in [0.717, 1.165) is 36.1 Å². The molecule has 1 atom stereocenters. The van der Waals surface area contributed by atoms with Crippen LogP contribution in [0.3, 0.4) is 0 Å². The van der Waals surface area contributed by atoms with Gasteiger partial charge in [-0.25, -0.2) is 0 Å². The number of carbonyl (C=O) groups excluding carboxylic acids is 1. The van der Waals surface area contributed by atoms with Gasteiger partial charge in [-0.3, -0.25) is 9.59 Å². The molecule has 0 spiro atoms. The number of rotatable bonds is 15. The number of hydrogen-bond acceptors (Lipinski definition) is 4. The molecule has 0 aliphatic rings. The summed E-state index contributed by atoms with van der Waals surface area (Å²) < 4.78 is 12.0. The average molecular weight is 586 g/mol. The highest BCUT2D eigenvalue weighted by Crippen LogP contribution is 2.34. The van der Waals surface area contributed by atoms with Crippen molar-refractivity contribution < 1.29 is 24.2 Å². The van der Waals surface area contributed by atoms with E-state index in [4.69, 9.17) is 21.1 Å². The number of halogens is 1. The van der Waals surface area contributed by atoms with Gasteiger partial charge in [0.15, 0.2) is 0 Å². The van der Waals surface area contributed by atoms with Crippen molar-refractivity contribution >= 4 is 23.5 Å². The molecule has 0 saturated carbocycles. The Bertz CT molecular complexity index is 1460. The number of amides is 1. The minimum Gasteiger partial charge on any atom is -0.493 e. The summed E-state index contributed by atoms with van der Waals surface area (Å²) in [6, 6.07) is 28.9. The van der Waals surface area contributed by atoms with Crippen LogP contribution in [0, 0.1) is 0 Å². The maximum absolute atomic E-state index is 13.4. The third-order valence-corrected chi connectivity index (χ3v) is 7.09. The molecule has 4 aromatic rings. The first-order valence-electron chi connectivity index (χ1n) is 14.3. The van der Waals surface area contributed by atoms with E-state index in [1.165, 1.54) is 12.8 Å². The van der Waals surface area contributed by atoms with Crippen molar-refractivity contribution in [1.82, 2.24) is 5.32 Å². The number of hydrogen-bond donors (Lipinski definition) is 2. The Morgan fingerprint density at radius 3 is 2.29 bits per heavy atom. The molecular weight excluding hydrogens is 550 g/mol. The number of unbranched alkanes of at least 4 members (excludes halogenated alkanes) is 4. The maximum Gasteiger partial charge on any atom is 0.305 e. The Balaban J connectivity index is 1.50. The minimum atomic E-state index is -1.03. The monoisotopic (exact) mass is 585 g/mol. The highest BCUT2D eigenvalue weighted by molar-refractivity contribution is 6.31. The van der Waals surface area contributed by atoms with Gasteiger partial charge >= 0.3 is 5.97 Å². The first-order valence-corrected chi connectivity index (χ1v) is 14.7. The van der Waals surface area contributed by atoms with Gasteiger partial charge < -0.3 is 19.9 Å². The number of carboxylic acid groups (broad SMARTS) is 1. The molecule has 0 fully saturated rings. The van der Waals surface area contributed by atoms with Gasteiger partial charge in [-0.15, -0.1) is 0 Å². The second-order valence-electron chi connectivity index (χ2n) is 10.1. The third kappa shape index (κ3) is 8.85. The normalized spacial score (nSPS) is 11.5. The Hall–Kier alpha value is -4.29. The first-order chi connectivity index (χ1) is 20.4. The lowest BCUT2D eigenvalue weighted by Crippen LogP contribution is -2.30. The fourth-order valence-corrected chi connectivity index (χ4v) is 4.83. The number of aliphatic carboxylic acids is 1. The van der Waals surface area contributed by atoms with Crippen LogP contribution in [-0.4, -0.2) is 23.6 Å². The van der Waals surface area contributed by atoms with Crippen LogP contribution < -0.4 is 14.8 Å². The fourth-order valence-electron chi connectivity index (χ4n) is 4.66. The van der Waals surface area contributed by atoms with Crippen LogP contribution in [0.5, 0.6) is 17.2 Å². The SMILES string of the molecule is CCCCCCCOc1ccc(Cl)cc1C(=O)NC(CC(=O)O)c1ccc(-c2ccccc2Oc2ccccc2)cc1. The van der Waals surface area contributed by atoms with Crippen molar-refractivity contribution in [3.05, 3.63) is 113 Å². The summed E-state index contributed by atoms with van der Waals surface area (Å²) in [7, 11) is 0. The van der Waals surface area contributed by atoms with E-state index in [1.54, 1.807) is 18.2 Å². The summed E-state index contributed by atoms with van der Waals surface area (Å²) in [5.74, 6) is 0.375. The van der Waals surface area contributed by atoms with Crippen LogP contribution in [-0.2, 0) is 4.79 Å². The van der Waals surface area contributed by atoms with Gasteiger partial charge in [-0.2, -0.15) is 0 Å². The van der Waals surface area contributed by atoms with E-state index in [0.29, 0.717) is 28.7 Å². The summed E-state index contributed by atoms with van der Waals surface area (Å²) >= 11 is 6.22. The van der Waals surface area contributed by atoms with Gasteiger partial charge in [0.1, 0.15) is 17.2 Å². The lowest BCUT2D eigenvalue weighted by Gasteiger charge is -2.20. The molecule has 0 radical (unpaired) electrons. The topological polar surface area (TPSA) is 84.9 Å². The molecule has 218 valence electrons. The first kappa shape index (κ1) is 30.7. The van der Waals surface area contributed by atoms with E-state index >= 15 is 0 Å². The van der Waals surface area contributed by atoms with E-state index < -0.39 is 17.9 Å². The predicted octanol–water partition coefficient (Wildman–Crippen LogP) is 9.09. The van der Waals surface area contributed by atoms with Crippen molar-refractivity contribution in [3.63, 3.8) is 0 Å². The summed E-state index contributed by atoms with van der Waals surface area (Å²) in [5, 5.41) is 12.9. The molecule has 0 bridgehead atoms. The predicted molar refractivity (Wildman–Crippen MR) is 167 cm³/mol. The summed E-state index contributed by atoms with van der Waals surface area (Å²) in [5.41, 5.74) is 2.73. The van der Waals surface area contributed by atoms with Crippen molar-refractivity contribution in [1.29, 1.82) is 0 Å². The molecule has 42 heavy (non-hydrogen) atoms. The Labute approximate surface area is 252 Å². The van der Waals surface area contributed by atoms with Crippen LogP contribution in [0.2, 0.25) is 5.02 Å². The Morgan fingerprint density at radius 2 is 1.55 bits per heavy atom. The quantitative estimate of drug-likeness (QED) is 0.136. The van der Waals surface area contributed by atoms with Gasteiger partial charge in [-0.05, 0) is 53.9 Å². The molecule has 7 heteroatoms. The summed E-state index contributed by atoms with van der Waals surface area (Å²) in [6.07, 6.45) is 5.16. The molecule has 4 aromatic carbocycles. The molecule has 6 nitrogen and oxygen atoms in total. The van der Waals surface area contributed by atoms with Crippen molar-refractivity contribution in [2.45, 2.75) is 51.5 Å². The lowest BCUT2D eigenvalue weighted by atomic mass is 9.98. The molecule has 2 N–H and O–H groups in total. The molecule has 0 saturated heterocycles. The van der Waals surface area contributed by atoms with Crippen LogP contribution >= 0.6 is 11.6 Å². The maximum atomic E-state index is 13.4. The smallest absolute Gasteiger partial charge is 0.305 e. The number of para-hydroxylation sites is 2. The van der Waals surface area contributed by atoms with Gasteiger partial charge in [0.05, 0.1) is 24.6 Å². The zero-order chi connectivity index (χ0) is 29.7. The largest absolute Gasteiger partial charge is 0.493 e. The van der Waals surface area contributed by atoms with Crippen molar-refractivity contribution in [2.75, 3.05) is 6.61 Å². The van der Waals surface area contributed by atoms with Gasteiger partial charge in [0.2, 0.25) is 0 Å². The van der Waals surface area contributed by atoms with Gasteiger partial charge in [-0.1, -0.05) is 105 Å². The van der Waals surface area contributed by atoms with Crippen LogP contribution in [0.15, 0.2) is 97.1 Å². The fraction of sp³-hybridized carbons (Fsp3) is 0.257. The zero-order valence-corrected chi connectivity index (χ0v) is 24.5. The average Bonchev–Trinajstić information content (AvgIpc) is 3.00. The lowest BCUT2D eigenvalue weighted by molar-refractivity contribution is -0.137. The molecule has 0 aliphatic carbocycles. The number of benzene rings is 4. The minimum absolute atomic E-state index is 0.273. The second-order valence-corrected chi connectivity index (χ2v) is 10.5. The number of ether oxygens (including phenoxy) is 2. The highest BCUT2D eigenvalue weighted by Gasteiger charge is 2.22. The standard InChI is InChI=1S/C35H36ClNO5/c1-2-3-4-5-11-22-41-32-21-20-27(36)23-30(32)35(40)37-31(24-34(38)39)26-18-16-25(17-19-26)29-14-9-10-15-33(29)42-28-12-7-6-8-13-28/h6-10,12-21,23,31H,2-5,11,22,24H2,1H3,(H,37,40)(H,38,39). The van der Waals surface area contributed by atoms with E-state index in [-0.39, 0.29) is 12.0 Å². The van der Waals surface area contributed by atoms with Gasteiger partial charge in [0.25, 0.3) is 5.91 Å².